The number of anilines is 1. The highest BCUT2D eigenvalue weighted by Gasteiger charge is 2.39. The molecular weight excluding hydrogens is 532 g/mol. The number of hydrogen-bond acceptors (Lipinski definition) is 10. The Bertz CT molecular complexity index is 1540. The van der Waals surface area contributed by atoms with Gasteiger partial charge in [0.1, 0.15) is 17.1 Å². The molecule has 0 spiro atoms. The Morgan fingerprint density at radius 1 is 0.878 bits per heavy atom. The lowest BCUT2D eigenvalue weighted by Gasteiger charge is -2.20. The zero-order chi connectivity index (χ0) is 29.5. The van der Waals surface area contributed by atoms with E-state index in [0.29, 0.717) is 19.0 Å². The number of carbonyl (C=O) groups is 4. The number of unbranched alkanes of at least 4 members (excludes halogenated alkanes) is 3. The summed E-state index contributed by atoms with van der Waals surface area (Å²) in [5.74, 6) is -2.23. The summed E-state index contributed by atoms with van der Waals surface area (Å²) in [6.45, 7) is 4.14. The number of rotatable bonds is 12. The van der Waals surface area contributed by atoms with Crippen LogP contribution < -0.4 is 15.2 Å². The molecule has 3 aromatic carbocycles. The summed E-state index contributed by atoms with van der Waals surface area (Å²) in [6.07, 6.45) is 4.41. The Hall–Kier alpha value is -5.32. The molecule has 0 atom stereocenters. The number of esters is 2. The van der Waals surface area contributed by atoms with Gasteiger partial charge in [0.15, 0.2) is 5.78 Å². The second-order valence-electron chi connectivity index (χ2n) is 9.06. The maximum absolute atomic E-state index is 13.2. The van der Waals surface area contributed by atoms with E-state index in [2.05, 4.69) is 6.58 Å². The van der Waals surface area contributed by atoms with Gasteiger partial charge in [-0.3, -0.25) is 19.7 Å². The number of nitrogens with two attached hydrogens (primary N) is 1. The molecule has 0 saturated heterocycles. The van der Waals surface area contributed by atoms with Crippen molar-refractivity contribution in [2.24, 2.45) is 0 Å². The Balaban J connectivity index is 1.41. The summed E-state index contributed by atoms with van der Waals surface area (Å²) in [7, 11) is 0. The van der Waals surface area contributed by atoms with Crippen LogP contribution in [-0.4, -0.2) is 41.6 Å². The van der Waals surface area contributed by atoms with Gasteiger partial charge in [0.2, 0.25) is 5.78 Å². The van der Waals surface area contributed by atoms with E-state index in [4.69, 9.17) is 19.9 Å². The zero-order valence-corrected chi connectivity index (χ0v) is 21.9. The summed E-state index contributed by atoms with van der Waals surface area (Å²) < 4.78 is 16.0. The molecular formula is C30H26N2O9. The molecule has 0 amide bonds. The number of nitrogen functional groups attached to an aromatic ring is 1. The summed E-state index contributed by atoms with van der Waals surface area (Å²) >= 11 is 0. The van der Waals surface area contributed by atoms with Gasteiger partial charge in [-0.05, 0) is 49.9 Å². The molecule has 11 nitrogen and oxygen atoms in total. The van der Waals surface area contributed by atoms with Crippen LogP contribution in [0.5, 0.6) is 11.5 Å². The maximum atomic E-state index is 13.2. The van der Waals surface area contributed by atoms with Crippen LogP contribution in [0.2, 0.25) is 0 Å². The third-order valence-electron chi connectivity index (χ3n) is 6.39. The van der Waals surface area contributed by atoms with Crippen molar-refractivity contribution in [2.75, 3.05) is 18.9 Å². The number of hydrogen-bond donors (Lipinski definition) is 1. The van der Waals surface area contributed by atoms with Gasteiger partial charge in [-0.25, -0.2) is 9.59 Å². The molecule has 0 bridgehead atoms. The Morgan fingerprint density at radius 3 is 2.07 bits per heavy atom. The molecule has 3 aromatic rings. The van der Waals surface area contributed by atoms with Gasteiger partial charge in [0.25, 0.3) is 5.69 Å². The number of ketones is 2. The van der Waals surface area contributed by atoms with Crippen LogP contribution in [-0.2, 0) is 9.53 Å². The number of fused-ring (bicyclic) bond motifs is 2. The average molecular weight is 559 g/mol. The summed E-state index contributed by atoms with van der Waals surface area (Å²) in [5, 5.41) is 11.8. The average Bonchev–Trinajstić information content (AvgIpc) is 2.97. The largest absolute Gasteiger partial charge is 0.494 e. The second kappa shape index (κ2) is 12.7. The van der Waals surface area contributed by atoms with Crippen LogP contribution in [0.15, 0.2) is 67.3 Å². The van der Waals surface area contributed by atoms with Crippen LogP contribution in [0, 0.1) is 10.1 Å². The van der Waals surface area contributed by atoms with E-state index in [1.807, 2.05) is 0 Å². The Labute approximate surface area is 234 Å². The van der Waals surface area contributed by atoms with E-state index in [1.165, 1.54) is 24.3 Å². The van der Waals surface area contributed by atoms with Gasteiger partial charge in [-0.15, -0.1) is 0 Å². The minimum Gasteiger partial charge on any atom is -0.494 e. The first kappa shape index (κ1) is 28.7. The molecule has 4 rings (SSSR count). The molecule has 210 valence electrons. The minimum atomic E-state index is -1.03. The van der Waals surface area contributed by atoms with Crippen molar-refractivity contribution in [3.05, 3.63) is 105 Å². The lowest BCUT2D eigenvalue weighted by atomic mass is 9.81. The molecule has 11 heteroatoms. The lowest BCUT2D eigenvalue weighted by Crippen LogP contribution is -2.25. The highest BCUT2D eigenvalue weighted by atomic mass is 16.6. The Morgan fingerprint density at radius 2 is 1.46 bits per heavy atom. The Kier molecular flexibility index (Phi) is 8.88. The van der Waals surface area contributed by atoms with E-state index in [0.717, 1.165) is 37.8 Å². The van der Waals surface area contributed by atoms with Gasteiger partial charge >= 0.3 is 11.9 Å². The first-order chi connectivity index (χ1) is 19.7. The fourth-order valence-electron chi connectivity index (χ4n) is 4.36. The highest BCUT2D eigenvalue weighted by Crippen LogP contribution is 2.38. The number of ether oxygens (including phenoxy) is 3. The van der Waals surface area contributed by atoms with E-state index in [-0.39, 0.29) is 22.6 Å². The summed E-state index contributed by atoms with van der Waals surface area (Å²) in [4.78, 5) is 61.2. The molecule has 0 radical (unpaired) electrons. The lowest BCUT2D eigenvalue weighted by molar-refractivity contribution is -0.385. The number of carbonyl (C=O) groups excluding carboxylic acids is 4. The van der Waals surface area contributed by atoms with Gasteiger partial charge in [0.05, 0.1) is 35.0 Å². The van der Waals surface area contributed by atoms with E-state index in [9.17, 15) is 29.3 Å². The van der Waals surface area contributed by atoms with Gasteiger partial charge in [0, 0.05) is 23.3 Å². The normalized spacial score (nSPS) is 11.7. The monoisotopic (exact) mass is 558 g/mol. The van der Waals surface area contributed by atoms with Crippen LogP contribution >= 0.6 is 0 Å². The third-order valence-corrected chi connectivity index (χ3v) is 6.39. The van der Waals surface area contributed by atoms with Gasteiger partial charge < -0.3 is 19.9 Å². The summed E-state index contributed by atoms with van der Waals surface area (Å²) in [6, 6.07) is 12.9. The standard InChI is InChI=1S/C30H26N2O9/c1-2-24(33)40-16-8-4-3-7-15-39-18-11-13-19(14-12-18)41-30(36)22-17-23(32(37)38)25-26(27(22)31)29(35)21-10-6-5-9-20(21)28(25)34/h2,5-6,9-14,17H,1,3-4,7-8,15-16,31H2. The first-order valence-corrected chi connectivity index (χ1v) is 12.8. The third kappa shape index (κ3) is 6.30. The first-order valence-electron chi connectivity index (χ1n) is 12.8. The van der Waals surface area contributed by atoms with Crippen LogP contribution in [0.25, 0.3) is 0 Å². The number of nitrogens with zero attached hydrogens (tertiary/aromatic N) is 1. The van der Waals surface area contributed by atoms with Crippen molar-refractivity contribution in [3.8, 4) is 11.5 Å². The second-order valence-corrected chi connectivity index (χ2v) is 9.06. The molecule has 1 aliphatic rings. The number of nitro benzene ring substituents is 1. The van der Waals surface area contributed by atoms with Gasteiger partial charge in [-0.2, -0.15) is 0 Å². The SMILES string of the molecule is C=CC(=O)OCCCCCCOc1ccc(OC(=O)c2cc([N+](=O)[O-])c3c(c2N)C(=O)c2ccccc2C3=O)cc1. The van der Waals surface area contributed by atoms with E-state index in [1.54, 1.807) is 24.3 Å². The minimum absolute atomic E-state index is 0.0247. The molecule has 0 saturated carbocycles. The van der Waals surface area contributed by atoms with E-state index >= 15 is 0 Å². The highest BCUT2D eigenvalue weighted by molar-refractivity contribution is 6.32. The predicted octanol–water partition coefficient (Wildman–Crippen LogP) is 4.84. The van der Waals surface area contributed by atoms with Crippen molar-refractivity contribution in [1.82, 2.24) is 0 Å². The molecule has 2 N–H and O–H groups in total. The number of benzene rings is 3. The van der Waals surface area contributed by atoms with Crippen molar-refractivity contribution < 1.29 is 38.3 Å². The number of nitro groups is 1. The van der Waals surface area contributed by atoms with Crippen molar-refractivity contribution >= 4 is 34.9 Å². The van der Waals surface area contributed by atoms with Crippen molar-refractivity contribution in [1.29, 1.82) is 0 Å². The topological polar surface area (TPSA) is 165 Å². The predicted molar refractivity (Wildman–Crippen MR) is 147 cm³/mol. The summed E-state index contributed by atoms with van der Waals surface area (Å²) in [5.41, 5.74) is 3.87. The molecule has 1 aliphatic carbocycles. The molecule has 0 unspecified atom stereocenters. The fourth-order valence-corrected chi connectivity index (χ4v) is 4.36. The van der Waals surface area contributed by atoms with E-state index < -0.39 is 50.8 Å². The molecule has 0 aliphatic heterocycles. The van der Waals surface area contributed by atoms with Crippen LogP contribution in [0.1, 0.15) is 67.9 Å². The van der Waals surface area contributed by atoms with Gasteiger partial charge in [-0.1, -0.05) is 30.8 Å². The maximum Gasteiger partial charge on any atom is 0.345 e. The van der Waals surface area contributed by atoms with Crippen molar-refractivity contribution in [2.45, 2.75) is 25.7 Å². The fraction of sp³-hybridized carbons (Fsp3) is 0.200. The molecule has 41 heavy (non-hydrogen) atoms. The molecule has 0 aromatic heterocycles. The smallest absolute Gasteiger partial charge is 0.345 e. The van der Waals surface area contributed by atoms with Crippen LogP contribution in [0.3, 0.4) is 0 Å². The molecule has 0 heterocycles. The quantitative estimate of drug-likeness (QED) is 0.0483. The van der Waals surface area contributed by atoms with Crippen molar-refractivity contribution in [3.63, 3.8) is 0 Å². The molecule has 0 fully saturated rings. The van der Waals surface area contributed by atoms with Crippen LogP contribution in [0.4, 0.5) is 11.4 Å². The zero-order valence-electron chi connectivity index (χ0n) is 21.9.